The Labute approximate surface area is 88.4 Å². The van der Waals surface area contributed by atoms with Gasteiger partial charge >= 0.3 is 0 Å². The quantitative estimate of drug-likeness (QED) is 0.835. The summed E-state index contributed by atoms with van der Waals surface area (Å²) in [6.07, 6.45) is -3.26. The third-order valence-corrected chi connectivity index (χ3v) is 2.45. The minimum Gasteiger partial charge on any atom is -0.223 e. The maximum Gasteiger partial charge on any atom is 0.266 e. The first-order chi connectivity index (χ1) is 7.27. The summed E-state index contributed by atoms with van der Waals surface area (Å²) >= 11 is 0. The minimum atomic E-state index is -4.54. The van der Waals surface area contributed by atoms with Crippen LogP contribution in [-0.2, 0) is 10.0 Å². The van der Waals surface area contributed by atoms with Crippen LogP contribution < -0.4 is 5.14 Å². The van der Waals surface area contributed by atoms with Crippen molar-refractivity contribution < 1.29 is 21.6 Å². The summed E-state index contributed by atoms with van der Waals surface area (Å²) in [4.78, 5) is 2.95. The van der Waals surface area contributed by atoms with Crippen molar-refractivity contribution in [3.05, 3.63) is 23.1 Å². The Hall–Kier alpha value is -1.66. The maximum atomic E-state index is 12.9. The molecule has 1 aromatic rings. The van der Waals surface area contributed by atoms with Crippen molar-refractivity contribution in [1.29, 1.82) is 5.26 Å². The Morgan fingerprint density at radius 1 is 1.50 bits per heavy atom. The number of aromatic nitrogens is 1. The van der Waals surface area contributed by atoms with Gasteiger partial charge in [0.05, 0.1) is 5.56 Å². The zero-order valence-corrected chi connectivity index (χ0v) is 8.30. The van der Waals surface area contributed by atoms with Crippen LogP contribution in [0.3, 0.4) is 0 Å². The highest BCUT2D eigenvalue weighted by Gasteiger charge is 2.25. The van der Waals surface area contributed by atoms with Crippen molar-refractivity contribution in [3.63, 3.8) is 0 Å². The fraction of sp³-hybridized carbons (Fsp3) is 0.143. The number of sulfonamides is 1. The summed E-state index contributed by atoms with van der Waals surface area (Å²) in [7, 11) is -4.54. The SMILES string of the molecule is N#Cc1nc(S(N)(=O)=O)c(C(F)F)cc1F. The molecule has 0 aliphatic heterocycles. The maximum absolute atomic E-state index is 12.9. The van der Waals surface area contributed by atoms with Crippen LogP contribution in [0.2, 0.25) is 0 Å². The van der Waals surface area contributed by atoms with Gasteiger partial charge in [-0.05, 0) is 6.07 Å². The van der Waals surface area contributed by atoms with E-state index in [1.165, 1.54) is 6.07 Å². The highest BCUT2D eigenvalue weighted by molar-refractivity contribution is 7.89. The van der Waals surface area contributed by atoms with Gasteiger partial charge in [-0.2, -0.15) is 5.26 Å². The summed E-state index contributed by atoms with van der Waals surface area (Å²) in [5.41, 5.74) is -2.08. The smallest absolute Gasteiger partial charge is 0.223 e. The molecular weight excluding hydrogens is 247 g/mol. The first kappa shape index (κ1) is 12.4. The van der Waals surface area contributed by atoms with E-state index in [4.69, 9.17) is 5.26 Å². The van der Waals surface area contributed by atoms with E-state index in [1.807, 2.05) is 0 Å². The van der Waals surface area contributed by atoms with Crippen LogP contribution in [-0.4, -0.2) is 13.4 Å². The van der Waals surface area contributed by atoms with Gasteiger partial charge in [0, 0.05) is 0 Å². The molecule has 1 heterocycles. The molecule has 0 saturated carbocycles. The van der Waals surface area contributed by atoms with E-state index in [2.05, 4.69) is 10.1 Å². The molecular formula is C7H4F3N3O2S. The first-order valence-corrected chi connectivity index (χ1v) is 5.23. The van der Waals surface area contributed by atoms with E-state index >= 15 is 0 Å². The van der Waals surface area contributed by atoms with E-state index in [0.717, 1.165) is 0 Å². The Morgan fingerprint density at radius 2 is 2.06 bits per heavy atom. The van der Waals surface area contributed by atoms with Crippen LogP contribution in [0.15, 0.2) is 11.1 Å². The number of halogens is 3. The van der Waals surface area contributed by atoms with Crippen molar-refractivity contribution in [2.75, 3.05) is 0 Å². The fourth-order valence-corrected chi connectivity index (χ4v) is 1.64. The van der Waals surface area contributed by atoms with E-state index in [-0.39, 0.29) is 6.07 Å². The van der Waals surface area contributed by atoms with Gasteiger partial charge in [0.1, 0.15) is 6.07 Å². The summed E-state index contributed by atoms with van der Waals surface area (Å²) in [6.45, 7) is 0. The Bertz CT molecular complexity index is 565. The first-order valence-electron chi connectivity index (χ1n) is 3.69. The van der Waals surface area contributed by atoms with E-state index in [9.17, 15) is 21.6 Å². The van der Waals surface area contributed by atoms with Gasteiger partial charge in [0.25, 0.3) is 16.4 Å². The molecule has 0 radical (unpaired) electrons. The molecule has 86 valence electrons. The van der Waals surface area contributed by atoms with Crippen molar-refractivity contribution >= 4 is 10.0 Å². The monoisotopic (exact) mass is 251 g/mol. The molecule has 0 unspecified atom stereocenters. The van der Waals surface area contributed by atoms with Crippen LogP contribution in [0.1, 0.15) is 17.7 Å². The number of pyridine rings is 1. The average Bonchev–Trinajstić information content (AvgIpc) is 2.15. The van der Waals surface area contributed by atoms with Crippen molar-refractivity contribution in [2.45, 2.75) is 11.5 Å². The summed E-state index contributed by atoms with van der Waals surface area (Å²) in [6, 6.07) is 1.45. The second-order valence-electron chi connectivity index (χ2n) is 2.67. The number of rotatable bonds is 2. The molecule has 0 aromatic carbocycles. The molecule has 0 saturated heterocycles. The van der Waals surface area contributed by atoms with E-state index in [1.54, 1.807) is 0 Å². The number of alkyl halides is 2. The number of hydrogen-bond donors (Lipinski definition) is 1. The second-order valence-corrected chi connectivity index (χ2v) is 4.15. The molecule has 2 N–H and O–H groups in total. The molecule has 1 aromatic heterocycles. The van der Waals surface area contributed by atoms with Crippen LogP contribution >= 0.6 is 0 Å². The van der Waals surface area contributed by atoms with Crippen LogP contribution in [0.25, 0.3) is 0 Å². The molecule has 5 nitrogen and oxygen atoms in total. The van der Waals surface area contributed by atoms with Crippen molar-refractivity contribution in [3.8, 4) is 6.07 Å². The predicted octanol–water partition coefficient (Wildman–Crippen LogP) is 0.677. The molecule has 0 aliphatic carbocycles. The lowest BCUT2D eigenvalue weighted by molar-refractivity contribution is 0.146. The van der Waals surface area contributed by atoms with Gasteiger partial charge in [-0.3, -0.25) is 0 Å². The lowest BCUT2D eigenvalue weighted by atomic mass is 10.2. The zero-order valence-electron chi connectivity index (χ0n) is 7.49. The van der Waals surface area contributed by atoms with Crippen molar-refractivity contribution in [2.24, 2.45) is 5.14 Å². The summed E-state index contributed by atoms with van der Waals surface area (Å²) in [5.74, 6) is -1.33. The fourth-order valence-electron chi connectivity index (χ4n) is 0.949. The molecule has 0 fully saturated rings. The molecule has 0 bridgehead atoms. The molecule has 16 heavy (non-hydrogen) atoms. The van der Waals surface area contributed by atoms with E-state index in [0.29, 0.717) is 0 Å². The lowest BCUT2D eigenvalue weighted by Crippen LogP contribution is -2.18. The molecule has 1 rings (SSSR count). The number of hydrogen-bond acceptors (Lipinski definition) is 4. The Kier molecular flexibility index (Phi) is 3.16. The van der Waals surface area contributed by atoms with Gasteiger partial charge in [0.15, 0.2) is 16.5 Å². The minimum absolute atomic E-state index is 0.232. The number of primary sulfonamides is 1. The number of nitrogens with two attached hydrogens (primary N) is 1. The Balaban J connectivity index is 3.64. The van der Waals surface area contributed by atoms with Gasteiger partial charge in [-0.1, -0.05) is 0 Å². The predicted molar refractivity (Wildman–Crippen MR) is 45.2 cm³/mol. The van der Waals surface area contributed by atoms with Gasteiger partial charge in [-0.15, -0.1) is 0 Å². The van der Waals surface area contributed by atoms with Gasteiger partial charge in [-0.25, -0.2) is 31.7 Å². The van der Waals surface area contributed by atoms with Crippen LogP contribution in [0, 0.1) is 17.1 Å². The number of nitrogens with zero attached hydrogens (tertiary/aromatic N) is 2. The van der Waals surface area contributed by atoms with Gasteiger partial charge in [0.2, 0.25) is 0 Å². The van der Waals surface area contributed by atoms with E-state index < -0.39 is 38.5 Å². The normalized spacial score (nSPS) is 11.5. The molecule has 9 heteroatoms. The number of nitriles is 1. The largest absolute Gasteiger partial charge is 0.266 e. The highest BCUT2D eigenvalue weighted by atomic mass is 32.2. The molecule has 0 aliphatic rings. The highest BCUT2D eigenvalue weighted by Crippen LogP contribution is 2.25. The standard InChI is InChI=1S/C7H4F3N3O2S/c8-4-1-3(6(9)10)7(16(12,14)15)13-5(4)2-11/h1,6H,(H2,12,14,15). The zero-order chi connectivity index (χ0) is 12.5. The molecule has 0 atom stereocenters. The lowest BCUT2D eigenvalue weighted by Gasteiger charge is -2.06. The second kappa shape index (κ2) is 4.07. The summed E-state index contributed by atoms with van der Waals surface area (Å²) < 4.78 is 59.4. The molecule has 0 amide bonds. The Morgan fingerprint density at radius 3 is 2.44 bits per heavy atom. The third kappa shape index (κ3) is 2.29. The van der Waals surface area contributed by atoms with Crippen LogP contribution in [0.5, 0.6) is 0 Å². The topological polar surface area (TPSA) is 96.8 Å². The van der Waals surface area contributed by atoms with Gasteiger partial charge < -0.3 is 0 Å². The average molecular weight is 251 g/mol. The molecule has 0 spiro atoms. The van der Waals surface area contributed by atoms with Crippen LogP contribution in [0.4, 0.5) is 13.2 Å². The third-order valence-electron chi connectivity index (χ3n) is 1.58. The van der Waals surface area contributed by atoms with Crippen molar-refractivity contribution in [1.82, 2.24) is 4.98 Å². The summed E-state index contributed by atoms with van der Waals surface area (Å²) in [5, 5.41) is 11.8.